The predicted octanol–water partition coefficient (Wildman–Crippen LogP) is 3.63. The van der Waals surface area contributed by atoms with Crippen LogP contribution in [0.2, 0.25) is 0 Å². The molecule has 0 saturated heterocycles. The Labute approximate surface area is 151 Å². The van der Waals surface area contributed by atoms with Crippen LogP contribution < -0.4 is 0 Å². The van der Waals surface area contributed by atoms with Crippen LogP contribution in [0, 0.1) is 6.92 Å². The van der Waals surface area contributed by atoms with E-state index < -0.39 is 12.0 Å². The molecule has 2 N–H and O–H groups in total. The van der Waals surface area contributed by atoms with Gasteiger partial charge in [0.25, 0.3) is 0 Å². The largest absolute Gasteiger partial charge is 0.450 e. The maximum absolute atomic E-state index is 13.7. The van der Waals surface area contributed by atoms with Crippen molar-refractivity contribution in [2.45, 2.75) is 13.1 Å². The van der Waals surface area contributed by atoms with Gasteiger partial charge in [-0.25, -0.2) is 9.97 Å². The van der Waals surface area contributed by atoms with Crippen LogP contribution in [0.4, 0.5) is 13.2 Å². The third-order valence-electron chi connectivity index (χ3n) is 4.16. The summed E-state index contributed by atoms with van der Waals surface area (Å²) in [6.07, 6.45) is -0.0993. The van der Waals surface area contributed by atoms with Crippen molar-refractivity contribution in [3.05, 3.63) is 53.6 Å². The number of aliphatic hydroxyl groups excluding tert-OH is 1. The highest BCUT2D eigenvalue weighted by Crippen LogP contribution is 2.34. The van der Waals surface area contributed by atoms with Crippen LogP contribution in [0.15, 0.2) is 36.5 Å². The standard InChI is InChI=1S/C18H14F3N5O/c1-10-7-13(8-11-9-22-25-15(10)11)26-16-14(24-17(26)18(19,20)21)5-4-12(23-16)3-2-6-27/h2-5,7-9,27H,6H2,1H3,(H,22,25). The number of H-pyrrole nitrogens is 1. The van der Waals surface area contributed by atoms with Crippen LogP contribution in [-0.2, 0) is 6.18 Å². The second-order valence-electron chi connectivity index (χ2n) is 6.03. The summed E-state index contributed by atoms with van der Waals surface area (Å²) in [6.45, 7) is 1.60. The molecule has 0 unspecified atom stereocenters. The fourth-order valence-corrected chi connectivity index (χ4v) is 3.02. The van der Waals surface area contributed by atoms with E-state index in [2.05, 4.69) is 20.2 Å². The number of fused-ring (bicyclic) bond motifs is 2. The lowest BCUT2D eigenvalue weighted by molar-refractivity contribution is -0.145. The lowest BCUT2D eigenvalue weighted by Crippen LogP contribution is -2.14. The Bertz CT molecular complexity index is 1170. The van der Waals surface area contributed by atoms with Crippen molar-refractivity contribution in [1.82, 2.24) is 24.7 Å². The molecule has 3 aromatic heterocycles. The Hall–Kier alpha value is -3.20. The van der Waals surface area contributed by atoms with E-state index >= 15 is 0 Å². The van der Waals surface area contributed by atoms with Crippen LogP contribution >= 0.6 is 0 Å². The summed E-state index contributed by atoms with van der Waals surface area (Å²) in [5, 5.41) is 16.4. The molecule has 9 heteroatoms. The van der Waals surface area contributed by atoms with Crippen LogP contribution in [0.1, 0.15) is 17.1 Å². The van der Waals surface area contributed by atoms with Gasteiger partial charge in [0.2, 0.25) is 5.82 Å². The third-order valence-corrected chi connectivity index (χ3v) is 4.16. The number of nitrogens with one attached hydrogen (secondary N) is 1. The second-order valence-corrected chi connectivity index (χ2v) is 6.03. The minimum absolute atomic E-state index is 0.0876. The monoisotopic (exact) mass is 373 g/mol. The van der Waals surface area contributed by atoms with E-state index in [-0.39, 0.29) is 17.8 Å². The Kier molecular flexibility index (Phi) is 3.96. The number of alkyl halides is 3. The summed E-state index contributed by atoms with van der Waals surface area (Å²) in [5.74, 6) is -1.05. The normalized spacial score (nSPS) is 12.6. The zero-order valence-electron chi connectivity index (χ0n) is 14.1. The maximum Gasteiger partial charge on any atom is 0.450 e. The molecule has 1 aromatic carbocycles. The number of rotatable bonds is 3. The molecule has 0 saturated carbocycles. The number of aromatic nitrogens is 5. The number of imidazole rings is 1. The Morgan fingerprint density at radius 2 is 2.04 bits per heavy atom. The molecule has 0 amide bonds. The van der Waals surface area contributed by atoms with Gasteiger partial charge >= 0.3 is 6.18 Å². The molecular weight excluding hydrogens is 359 g/mol. The molecule has 4 aromatic rings. The van der Waals surface area contributed by atoms with E-state index in [9.17, 15) is 13.2 Å². The number of hydrogen-bond donors (Lipinski definition) is 2. The lowest BCUT2D eigenvalue weighted by Gasteiger charge is -2.12. The van der Waals surface area contributed by atoms with Crippen molar-refractivity contribution in [3.8, 4) is 5.69 Å². The van der Waals surface area contributed by atoms with Gasteiger partial charge in [0.05, 0.1) is 29.7 Å². The summed E-state index contributed by atoms with van der Waals surface area (Å²) in [7, 11) is 0. The van der Waals surface area contributed by atoms with Crippen LogP contribution in [0.25, 0.3) is 33.8 Å². The first-order valence-electron chi connectivity index (χ1n) is 8.06. The zero-order valence-corrected chi connectivity index (χ0v) is 14.1. The number of nitrogens with zero attached hydrogens (tertiary/aromatic N) is 4. The summed E-state index contributed by atoms with van der Waals surface area (Å²) >= 11 is 0. The van der Waals surface area contributed by atoms with E-state index in [0.29, 0.717) is 16.8 Å². The number of aryl methyl sites for hydroxylation is 1. The number of hydrogen-bond acceptors (Lipinski definition) is 4. The number of aliphatic hydroxyl groups is 1. The van der Waals surface area contributed by atoms with Gasteiger partial charge in [-0.15, -0.1) is 0 Å². The molecular formula is C18H14F3N5O. The quantitative estimate of drug-likeness (QED) is 0.575. The number of pyridine rings is 1. The first-order valence-corrected chi connectivity index (χ1v) is 8.06. The number of halogens is 3. The lowest BCUT2D eigenvalue weighted by atomic mass is 10.1. The first kappa shape index (κ1) is 17.2. The minimum Gasteiger partial charge on any atom is -0.392 e. The van der Waals surface area contributed by atoms with Crippen LogP contribution in [0.3, 0.4) is 0 Å². The maximum atomic E-state index is 13.7. The van der Waals surface area contributed by atoms with E-state index in [1.54, 1.807) is 31.3 Å². The molecule has 4 rings (SSSR count). The summed E-state index contributed by atoms with van der Waals surface area (Å²) in [6, 6.07) is 6.28. The van der Waals surface area contributed by atoms with Crippen molar-refractivity contribution in [1.29, 1.82) is 0 Å². The second kappa shape index (κ2) is 6.20. The smallest absolute Gasteiger partial charge is 0.392 e. The van der Waals surface area contributed by atoms with E-state index in [4.69, 9.17) is 5.11 Å². The number of benzene rings is 1. The topological polar surface area (TPSA) is 79.6 Å². The molecule has 0 bridgehead atoms. The molecule has 0 aliphatic heterocycles. The summed E-state index contributed by atoms with van der Waals surface area (Å²) in [5.41, 5.74) is 2.46. The highest BCUT2D eigenvalue weighted by atomic mass is 19.4. The van der Waals surface area contributed by atoms with Gasteiger partial charge in [0, 0.05) is 5.39 Å². The van der Waals surface area contributed by atoms with Crippen molar-refractivity contribution < 1.29 is 18.3 Å². The first-order chi connectivity index (χ1) is 12.9. The van der Waals surface area contributed by atoms with Crippen molar-refractivity contribution in [2.24, 2.45) is 0 Å². The zero-order chi connectivity index (χ0) is 19.2. The summed E-state index contributed by atoms with van der Waals surface area (Å²) in [4.78, 5) is 8.06. The Morgan fingerprint density at radius 1 is 1.22 bits per heavy atom. The molecule has 138 valence electrons. The Morgan fingerprint density at radius 3 is 2.78 bits per heavy atom. The molecule has 0 radical (unpaired) electrons. The predicted molar refractivity (Wildman–Crippen MR) is 94.4 cm³/mol. The van der Waals surface area contributed by atoms with Crippen LogP contribution in [0.5, 0.6) is 0 Å². The van der Waals surface area contributed by atoms with Gasteiger partial charge in [0.1, 0.15) is 5.52 Å². The highest BCUT2D eigenvalue weighted by molar-refractivity contribution is 5.85. The van der Waals surface area contributed by atoms with Gasteiger partial charge < -0.3 is 5.11 Å². The van der Waals surface area contributed by atoms with Gasteiger partial charge in [-0.2, -0.15) is 18.3 Å². The van der Waals surface area contributed by atoms with Crippen molar-refractivity contribution >= 4 is 28.1 Å². The Balaban J connectivity index is 2.04. The van der Waals surface area contributed by atoms with E-state index in [1.807, 2.05) is 0 Å². The number of aromatic amines is 1. The van der Waals surface area contributed by atoms with E-state index in [0.717, 1.165) is 15.6 Å². The highest BCUT2D eigenvalue weighted by Gasteiger charge is 2.38. The van der Waals surface area contributed by atoms with Gasteiger partial charge in [-0.1, -0.05) is 6.08 Å². The average molecular weight is 373 g/mol. The van der Waals surface area contributed by atoms with Crippen LogP contribution in [-0.4, -0.2) is 36.4 Å². The molecule has 0 spiro atoms. The molecule has 0 atom stereocenters. The van der Waals surface area contributed by atoms with Gasteiger partial charge in [0.15, 0.2) is 5.65 Å². The summed E-state index contributed by atoms with van der Waals surface area (Å²) < 4.78 is 42.0. The average Bonchev–Trinajstić information content (AvgIpc) is 3.23. The van der Waals surface area contributed by atoms with Crippen molar-refractivity contribution in [3.63, 3.8) is 0 Å². The van der Waals surface area contributed by atoms with Gasteiger partial charge in [-0.3, -0.25) is 9.67 Å². The molecule has 3 heterocycles. The SMILES string of the molecule is Cc1cc(-n2c(C(F)(F)F)nc3ccc(C=CCO)nc32)cc2cn[nH]c12. The molecule has 27 heavy (non-hydrogen) atoms. The molecule has 0 aliphatic rings. The van der Waals surface area contributed by atoms with Gasteiger partial charge in [-0.05, 0) is 42.8 Å². The molecule has 0 aliphatic carbocycles. The fraction of sp³-hybridized carbons (Fsp3) is 0.167. The van der Waals surface area contributed by atoms with Crippen molar-refractivity contribution in [2.75, 3.05) is 6.61 Å². The molecule has 0 fully saturated rings. The van der Waals surface area contributed by atoms with E-state index in [1.165, 1.54) is 18.2 Å². The molecule has 6 nitrogen and oxygen atoms in total. The third kappa shape index (κ3) is 2.95. The minimum atomic E-state index is -4.65. The fourth-order valence-electron chi connectivity index (χ4n) is 3.02.